The smallest absolute Gasteiger partial charge is 0.261 e. The van der Waals surface area contributed by atoms with Crippen LogP contribution in [0.25, 0.3) is 0 Å². The number of nitrogens with one attached hydrogen (secondary N) is 2. The van der Waals surface area contributed by atoms with E-state index in [-0.39, 0.29) is 27.1 Å². The first-order chi connectivity index (χ1) is 14.6. The highest BCUT2D eigenvalue weighted by atomic mass is 32.2. The van der Waals surface area contributed by atoms with Gasteiger partial charge in [-0.15, -0.1) is 0 Å². The number of nitrogens with zero attached hydrogens (tertiary/aromatic N) is 1. The zero-order chi connectivity index (χ0) is 22.6. The number of sulfonamides is 2. The van der Waals surface area contributed by atoms with E-state index in [1.807, 2.05) is 0 Å². The third kappa shape index (κ3) is 5.42. The van der Waals surface area contributed by atoms with Crippen LogP contribution in [0, 0.1) is 0 Å². The lowest BCUT2D eigenvalue weighted by Crippen LogP contribution is -2.32. The molecule has 0 aliphatic carbocycles. The summed E-state index contributed by atoms with van der Waals surface area (Å²) in [6.07, 6.45) is 1.78. The second-order valence-electron chi connectivity index (χ2n) is 7.25. The Morgan fingerprint density at radius 2 is 1.68 bits per heavy atom. The monoisotopic (exact) mass is 467 g/mol. The van der Waals surface area contributed by atoms with E-state index in [2.05, 4.69) is 10.0 Å². The Morgan fingerprint density at radius 3 is 2.29 bits per heavy atom. The highest BCUT2D eigenvalue weighted by Gasteiger charge is 2.22. The Hall–Kier alpha value is -2.47. The van der Waals surface area contributed by atoms with Crippen LogP contribution in [-0.2, 0) is 24.8 Å². The number of hydrogen-bond acceptors (Lipinski definition) is 6. The van der Waals surface area contributed by atoms with Crippen LogP contribution in [0.1, 0.15) is 23.2 Å². The van der Waals surface area contributed by atoms with Crippen molar-refractivity contribution in [1.82, 2.24) is 9.62 Å². The summed E-state index contributed by atoms with van der Waals surface area (Å²) in [5, 5.41) is 2.77. The summed E-state index contributed by atoms with van der Waals surface area (Å²) < 4.78 is 58.9. The van der Waals surface area contributed by atoms with Crippen molar-refractivity contribution in [2.75, 3.05) is 32.0 Å². The van der Waals surface area contributed by atoms with Gasteiger partial charge in [-0.3, -0.25) is 9.52 Å². The number of hydrogen-bond donors (Lipinski definition) is 2. The lowest BCUT2D eigenvalue weighted by atomic mass is 10.1. The summed E-state index contributed by atoms with van der Waals surface area (Å²) in [6, 6.07) is 11.1. The van der Waals surface area contributed by atoms with Gasteiger partial charge in [-0.05, 0) is 49.2 Å². The number of amides is 1. The van der Waals surface area contributed by atoms with Gasteiger partial charge in [0.1, 0.15) is 0 Å². The van der Waals surface area contributed by atoms with Gasteiger partial charge in [0.05, 0.1) is 27.1 Å². The number of ether oxygens (including phenoxy) is 1. The molecule has 9 nitrogen and oxygen atoms in total. The Kier molecular flexibility index (Phi) is 6.99. The van der Waals surface area contributed by atoms with Crippen LogP contribution in [0.15, 0.2) is 58.3 Å². The van der Waals surface area contributed by atoms with Crippen LogP contribution in [0.3, 0.4) is 0 Å². The molecule has 1 fully saturated rings. The van der Waals surface area contributed by atoms with Gasteiger partial charge in [-0.25, -0.2) is 21.1 Å². The number of benzene rings is 2. The first kappa shape index (κ1) is 23.2. The highest BCUT2D eigenvalue weighted by molar-refractivity contribution is 7.92. The predicted octanol–water partition coefficient (Wildman–Crippen LogP) is 1.65. The Balaban J connectivity index is 1.78. The van der Waals surface area contributed by atoms with Crippen LogP contribution >= 0.6 is 0 Å². The molecule has 0 radical (unpaired) electrons. The second-order valence-corrected chi connectivity index (χ2v) is 11.1. The molecule has 2 N–H and O–H groups in total. The van der Waals surface area contributed by atoms with Gasteiger partial charge >= 0.3 is 0 Å². The molecule has 31 heavy (non-hydrogen) atoms. The minimum absolute atomic E-state index is 0.0228. The van der Waals surface area contributed by atoms with Gasteiger partial charge in [0.2, 0.25) is 10.0 Å². The topological polar surface area (TPSA) is 122 Å². The fourth-order valence-electron chi connectivity index (χ4n) is 3.08. The predicted molar refractivity (Wildman–Crippen MR) is 116 cm³/mol. The van der Waals surface area contributed by atoms with Gasteiger partial charge < -0.3 is 10.1 Å². The summed E-state index contributed by atoms with van der Waals surface area (Å²) in [4.78, 5) is 12.4. The van der Waals surface area contributed by atoms with E-state index in [4.69, 9.17) is 4.74 Å². The molecule has 0 bridgehead atoms. The SMILES string of the molecule is CN(C)S(=O)(=O)c1ccc(S(=O)(=O)Nc2ccccc2C(=O)NC[C@H]2CCCO2)cc1. The number of rotatable bonds is 8. The van der Waals surface area contributed by atoms with Gasteiger partial charge in [0.25, 0.3) is 15.9 Å². The fraction of sp³-hybridized carbons (Fsp3) is 0.350. The molecule has 2 aromatic rings. The average Bonchev–Trinajstić information content (AvgIpc) is 3.26. The third-order valence-corrected chi connectivity index (χ3v) is 8.05. The van der Waals surface area contributed by atoms with E-state index in [1.54, 1.807) is 12.1 Å². The molecular weight excluding hydrogens is 442 g/mol. The first-order valence-corrected chi connectivity index (χ1v) is 12.6. The molecule has 1 aliphatic heterocycles. The summed E-state index contributed by atoms with van der Waals surface area (Å²) in [5.74, 6) is -0.416. The molecule has 0 unspecified atom stereocenters. The molecule has 1 aliphatic rings. The molecule has 1 amide bonds. The van der Waals surface area contributed by atoms with Crippen molar-refractivity contribution in [3.8, 4) is 0 Å². The molecule has 1 saturated heterocycles. The highest BCUT2D eigenvalue weighted by Crippen LogP contribution is 2.22. The van der Waals surface area contributed by atoms with E-state index < -0.39 is 26.0 Å². The molecule has 0 saturated carbocycles. The normalized spacial score (nSPS) is 16.9. The third-order valence-electron chi connectivity index (χ3n) is 4.84. The average molecular weight is 468 g/mol. The van der Waals surface area contributed by atoms with Gasteiger partial charge in [-0.1, -0.05) is 12.1 Å². The molecule has 2 aromatic carbocycles. The molecule has 3 rings (SSSR count). The van der Waals surface area contributed by atoms with Crippen LogP contribution in [0.4, 0.5) is 5.69 Å². The number of anilines is 1. The lowest BCUT2D eigenvalue weighted by Gasteiger charge is -2.15. The standard InChI is InChI=1S/C20H25N3O6S2/c1-23(2)31(27,28)17-11-9-16(10-12-17)30(25,26)22-19-8-4-3-7-18(19)20(24)21-14-15-6-5-13-29-15/h3-4,7-12,15,22H,5-6,13-14H2,1-2H3,(H,21,24)/t15-/m1/s1. The van der Waals surface area contributed by atoms with E-state index in [0.29, 0.717) is 13.2 Å². The Bertz CT molecular complexity index is 1140. The van der Waals surface area contributed by atoms with Gasteiger partial charge in [0.15, 0.2) is 0 Å². The summed E-state index contributed by atoms with van der Waals surface area (Å²) >= 11 is 0. The van der Waals surface area contributed by atoms with Crippen molar-refractivity contribution in [3.63, 3.8) is 0 Å². The molecule has 0 spiro atoms. The summed E-state index contributed by atoms with van der Waals surface area (Å²) in [5.41, 5.74) is 0.299. The van der Waals surface area contributed by atoms with Crippen molar-refractivity contribution in [1.29, 1.82) is 0 Å². The van der Waals surface area contributed by atoms with E-state index >= 15 is 0 Å². The van der Waals surface area contributed by atoms with Crippen LogP contribution in [0.2, 0.25) is 0 Å². The maximum Gasteiger partial charge on any atom is 0.261 e. The molecule has 11 heteroatoms. The summed E-state index contributed by atoms with van der Waals surface area (Å²) in [6.45, 7) is 1.02. The van der Waals surface area contributed by atoms with Crippen LogP contribution in [-0.4, -0.2) is 60.4 Å². The van der Waals surface area contributed by atoms with Crippen molar-refractivity contribution < 1.29 is 26.4 Å². The lowest BCUT2D eigenvalue weighted by molar-refractivity contribution is 0.0858. The summed E-state index contributed by atoms with van der Waals surface area (Å²) in [7, 11) is -4.94. The largest absolute Gasteiger partial charge is 0.376 e. The van der Waals surface area contributed by atoms with Gasteiger partial charge in [0, 0.05) is 27.2 Å². The zero-order valence-electron chi connectivity index (χ0n) is 17.2. The molecular formula is C20H25N3O6S2. The maximum absolute atomic E-state index is 12.8. The van der Waals surface area contributed by atoms with Crippen LogP contribution < -0.4 is 10.0 Å². The maximum atomic E-state index is 12.8. The van der Waals surface area contributed by atoms with Crippen molar-refractivity contribution >= 4 is 31.6 Å². The number of carbonyl (C=O) groups is 1. The minimum Gasteiger partial charge on any atom is -0.376 e. The number of para-hydroxylation sites is 1. The molecule has 168 valence electrons. The molecule has 1 atom stereocenters. The fourth-order valence-corrected chi connectivity index (χ4v) is 5.06. The quantitative estimate of drug-likeness (QED) is 0.609. The molecule has 0 aromatic heterocycles. The van der Waals surface area contributed by atoms with E-state index in [1.165, 1.54) is 50.5 Å². The first-order valence-electron chi connectivity index (χ1n) is 9.65. The molecule has 1 heterocycles. The Labute approximate surface area is 182 Å². The number of carbonyl (C=O) groups excluding carboxylic acids is 1. The second kappa shape index (κ2) is 9.35. The van der Waals surface area contributed by atoms with Crippen molar-refractivity contribution in [2.24, 2.45) is 0 Å². The van der Waals surface area contributed by atoms with Crippen molar-refractivity contribution in [3.05, 3.63) is 54.1 Å². The van der Waals surface area contributed by atoms with Gasteiger partial charge in [-0.2, -0.15) is 0 Å². The Morgan fingerprint density at radius 1 is 1.03 bits per heavy atom. The minimum atomic E-state index is -4.05. The van der Waals surface area contributed by atoms with Crippen molar-refractivity contribution in [2.45, 2.75) is 28.7 Å². The van der Waals surface area contributed by atoms with Crippen LogP contribution in [0.5, 0.6) is 0 Å². The van der Waals surface area contributed by atoms with E-state index in [0.717, 1.165) is 17.1 Å². The zero-order valence-corrected chi connectivity index (χ0v) is 18.9. The van der Waals surface area contributed by atoms with E-state index in [9.17, 15) is 21.6 Å².